The Labute approximate surface area is 91.8 Å². The van der Waals surface area contributed by atoms with Crippen molar-refractivity contribution in [1.29, 1.82) is 0 Å². The molecule has 2 rings (SSSR count). The van der Waals surface area contributed by atoms with Gasteiger partial charge in [-0.05, 0) is 38.8 Å². The first-order valence-electron chi connectivity index (χ1n) is 5.52. The summed E-state index contributed by atoms with van der Waals surface area (Å²) in [5.74, 6) is 0. The maximum atomic E-state index is 6.05. The zero-order valence-electron chi connectivity index (χ0n) is 9.66. The fourth-order valence-electron chi connectivity index (χ4n) is 2.40. The Morgan fingerprint density at radius 2 is 1.93 bits per heavy atom. The second kappa shape index (κ2) is 3.82. The molecule has 1 heteroatoms. The van der Waals surface area contributed by atoms with Crippen molar-refractivity contribution in [3.05, 3.63) is 47.5 Å². The van der Waals surface area contributed by atoms with Gasteiger partial charge in [0, 0.05) is 0 Å². The van der Waals surface area contributed by atoms with Gasteiger partial charge in [-0.25, -0.2) is 0 Å². The van der Waals surface area contributed by atoms with Gasteiger partial charge in [-0.1, -0.05) is 35.9 Å². The number of benzene rings is 1. The third-order valence-corrected chi connectivity index (χ3v) is 2.92. The second-order valence-corrected chi connectivity index (χ2v) is 4.60. The number of hydrogen-bond acceptors (Lipinski definition) is 1. The van der Waals surface area contributed by atoms with Crippen molar-refractivity contribution in [2.75, 3.05) is 0 Å². The smallest absolute Gasteiger partial charge is 0.109 e. The Bertz CT molecular complexity index is 366. The summed E-state index contributed by atoms with van der Waals surface area (Å²) in [6, 6.07) is 10.4. The molecule has 0 bridgehead atoms. The van der Waals surface area contributed by atoms with Crippen LogP contribution >= 0.6 is 0 Å². The van der Waals surface area contributed by atoms with Gasteiger partial charge in [-0.2, -0.15) is 0 Å². The highest BCUT2D eigenvalue weighted by Gasteiger charge is 2.30. The highest BCUT2D eigenvalue weighted by atomic mass is 16.5. The Morgan fingerprint density at radius 1 is 1.27 bits per heavy atom. The minimum atomic E-state index is -0.247. The first-order valence-corrected chi connectivity index (χ1v) is 5.52. The van der Waals surface area contributed by atoms with E-state index in [2.05, 4.69) is 51.1 Å². The lowest BCUT2D eigenvalue weighted by Crippen LogP contribution is -2.32. The molecule has 2 atom stereocenters. The molecule has 0 saturated heterocycles. The first-order chi connectivity index (χ1) is 7.10. The van der Waals surface area contributed by atoms with E-state index in [4.69, 9.17) is 4.74 Å². The number of rotatable bonds is 1. The molecule has 15 heavy (non-hydrogen) atoms. The Balaban J connectivity index is 2.38. The summed E-state index contributed by atoms with van der Waals surface area (Å²) >= 11 is 0. The summed E-state index contributed by atoms with van der Waals surface area (Å²) in [5.41, 5.74) is 2.40. The summed E-state index contributed by atoms with van der Waals surface area (Å²) in [6.07, 6.45) is 3.59. The molecule has 1 heterocycles. The lowest BCUT2D eigenvalue weighted by Gasteiger charge is -2.35. The second-order valence-electron chi connectivity index (χ2n) is 4.60. The van der Waals surface area contributed by atoms with Crippen LogP contribution in [-0.2, 0) is 10.3 Å². The lowest BCUT2D eigenvalue weighted by atomic mass is 9.89. The predicted octanol–water partition coefficient (Wildman–Crippen LogP) is 3.66. The van der Waals surface area contributed by atoms with Gasteiger partial charge < -0.3 is 4.74 Å². The molecule has 0 saturated carbocycles. The third kappa shape index (κ3) is 2.13. The molecular weight excluding hydrogens is 184 g/mol. The molecule has 0 aromatic heterocycles. The molecule has 0 radical (unpaired) electrons. The van der Waals surface area contributed by atoms with Crippen molar-refractivity contribution in [2.24, 2.45) is 0 Å². The lowest BCUT2D eigenvalue weighted by molar-refractivity contribution is -0.0575. The van der Waals surface area contributed by atoms with E-state index in [1.165, 1.54) is 11.1 Å². The molecule has 1 aromatic rings. The van der Waals surface area contributed by atoms with E-state index in [1.807, 2.05) is 6.07 Å². The molecule has 0 fully saturated rings. The molecule has 0 aliphatic carbocycles. The summed E-state index contributed by atoms with van der Waals surface area (Å²) < 4.78 is 6.05. The molecule has 1 aliphatic rings. The van der Waals surface area contributed by atoms with Gasteiger partial charge in [-0.3, -0.25) is 0 Å². The van der Waals surface area contributed by atoms with E-state index in [0.717, 1.165) is 6.42 Å². The van der Waals surface area contributed by atoms with Crippen LogP contribution in [0.5, 0.6) is 0 Å². The van der Waals surface area contributed by atoms with Gasteiger partial charge in [0.2, 0.25) is 0 Å². The van der Waals surface area contributed by atoms with Crippen LogP contribution in [0.3, 0.4) is 0 Å². The van der Waals surface area contributed by atoms with Gasteiger partial charge in [0.1, 0.15) is 5.60 Å². The van der Waals surface area contributed by atoms with Crippen LogP contribution in [0.2, 0.25) is 0 Å². The molecular formula is C14H18O. The van der Waals surface area contributed by atoms with Crippen molar-refractivity contribution in [2.45, 2.75) is 38.9 Å². The number of ether oxygens (including phenoxy) is 1. The zero-order chi connectivity index (χ0) is 10.9. The van der Waals surface area contributed by atoms with Crippen molar-refractivity contribution < 1.29 is 4.74 Å². The van der Waals surface area contributed by atoms with Crippen molar-refractivity contribution in [1.82, 2.24) is 0 Å². The predicted molar refractivity (Wildman–Crippen MR) is 62.7 cm³/mol. The van der Waals surface area contributed by atoms with Gasteiger partial charge in [-0.15, -0.1) is 0 Å². The van der Waals surface area contributed by atoms with Gasteiger partial charge >= 0.3 is 0 Å². The van der Waals surface area contributed by atoms with Crippen molar-refractivity contribution in [3.8, 4) is 0 Å². The van der Waals surface area contributed by atoms with Crippen LogP contribution in [0, 0.1) is 0 Å². The van der Waals surface area contributed by atoms with E-state index < -0.39 is 0 Å². The van der Waals surface area contributed by atoms with E-state index in [-0.39, 0.29) is 5.60 Å². The van der Waals surface area contributed by atoms with Gasteiger partial charge in [0.25, 0.3) is 0 Å². The molecule has 1 aromatic carbocycles. The standard InChI is InChI=1S/C14H18O/c1-11-9-12(2)15-14(3,10-11)13-7-5-4-6-8-13/h4-8,10,12H,9H2,1-3H3. The Hall–Kier alpha value is -1.08. The molecule has 1 aliphatic heterocycles. The van der Waals surface area contributed by atoms with Crippen LogP contribution in [-0.4, -0.2) is 6.10 Å². The molecule has 2 unspecified atom stereocenters. The Kier molecular flexibility index (Phi) is 2.66. The topological polar surface area (TPSA) is 9.23 Å². The van der Waals surface area contributed by atoms with E-state index in [1.54, 1.807) is 0 Å². The van der Waals surface area contributed by atoms with E-state index in [0.29, 0.717) is 6.10 Å². The van der Waals surface area contributed by atoms with Crippen LogP contribution in [0.25, 0.3) is 0 Å². The number of hydrogen-bond donors (Lipinski definition) is 0. The molecule has 0 N–H and O–H groups in total. The normalized spacial score (nSPS) is 31.1. The maximum Gasteiger partial charge on any atom is 0.109 e. The van der Waals surface area contributed by atoms with Gasteiger partial charge in [0.05, 0.1) is 6.10 Å². The molecule has 1 nitrogen and oxygen atoms in total. The fourth-order valence-corrected chi connectivity index (χ4v) is 2.40. The van der Waals surface area contributed by atoms with Crippen LogP contribution in [0.1, 0.15) is 32.8 Å². The highest BCUT2D eigenvalue weighted by molar-refractivity contribution is 5.29. The average Bonchev–Trinajstić information content (AvgIpc) is 2.17. The van der Waals surface area contributed by atoms with Crippen LogP contribution in [0.15, 0.2) is 42.0 Å². The summed E-state index contributed by atoms with van der Waals surface area (Å²) in [5, 5.41) is 0. The highest BCUT2D eigenvalue weighted by Crippen LogP contribution is 2.34. The summed E-state index contributed by atoms with van der Waals surface area (Å²) in [6.45, 7) is 6.46. The SMILES string of the molecule is CC1=CC(C)(c2ccccc2)OC(C)C1. The Morgan fingerprint density at radius 3 is 2.53 bits per heavy atom. The van der Waals surface area contributed by atoms with E-state index >= 15 is 0 Å². The summed E-state index contributed by atoms with van der Waals surface area (Å²) in [4.78, 5) is 0. The largest absolute Gasteiger partial charge is 0.363 e. The maximum absolute atomic E-state index is 6.05. The quantitative estimate of drug-likeness (QED) is 0.631. The first kappa shape index (κ1) is 10.4. The summed E-state index contributed by atoms with van der Waals surface area (Å²) in [7, 11) is 0. The molecule has 0 amide bonds. The molecule has 80 valence electrons. The third-order valence-electron chi connectivity index (χ3n) is 2.92. The minimum absolute atomic E-state index is 0.247. The van der Waals surface area contributed by atoms with Crippen molar-refractivity contribution in [3.63, 3.8) is 0 Å². The van der Waals surface area contributed by atoms with Crippen molar-refractivity contribution >= 4 is 0 Å². The molecule has 0 spiro atoms. The van der Waals surface area contributed by atoms with Crippen LogP contribution in [0.4, 0.5) is 0 Å². The van der Waals surface area contributed by atoms with Gasteiger partial charge in [0.15, 0.2) is 0 Å². The zero-order valence-corrected chi connectivity index (χ0v) is 9.66. The minimum Gasteiger partial charge on any atom is -0.363 e. The average molecular weight is 202 g/mol. The van der Waals surface area contributed by atoms with Crippen LogP contribution < -0.4 is 0 Å². The van der Waals surface area contributed by atoms with E-state index in [9.17, 15) is 0 Å². The fraction of sp³-hybridized carbons (Fsp3) is 0.429. The monoisotopic (exact) mass is 202 g/mol.